The van der Waals surface area contributed by atoms with Crippen LogP contribution in [0.2, 0.25) is 0 Å². The van der Waals surface area contributed by atoms with Crippen LogP contribution in [0.25, 0.3) is 10.9 Å². The third-order valence-corrected chi connectivity index (χ3v) is 6.96. The van der Waals surface area contributed by atoms with Crippen molar-refractivity contribution in [2.75, 3.05) is 19.7 Å². The minimum Gasteiger partial charge on any atom is -0.452 e. The molecule has 7 nitrogen and oxygen atoms in total. The van der Waals surface area contributed by atoms with Gasteiger partial charge in [-0.05, 0) is 42.2 Å². The van der Waals surface area contributed by atoms with Gasteiger partial charge in [0.2, 0.25) is 0 Å². The number of hydrogen-bond donors (Lipinski definition) is 1. The number of urea groups is 1. The molecule has 1 N–H and O–H groups in total. The van der Waals surface area contributed by atoms with Gasteiger partial charge in [0.25, 0.3) is 5.91 Å². The number of benzene rings is 1. The Morgan fingerprint density at radius 1 is 1.29 bits per heavy atom. The molecule has 1 saturated heterocycles. The summed E-state index contributed by atoms with van der Waals surface area (Å²) in [6.07, 6.45) is 3.68. The zero-order valence-corrected chi connectivity index (χ0v) is 18.4. The van der Waals surface area contributed by atoms with E-state index in [0.29, 0.717) is 18.0 Å². The van der Waals surface area contributed by atoms with Gasteiger partial charge in [-0.1, -0.05) is 45.4 Å². The van der Waals surface area contributed by atoms with Crippen LogP contribution in [0.5, 0.6) is 0 Å². The molecule has 1 atom stereocenters. The Bertz CT molecular complexity index is 1050. The summed E-state index contributed by atoms with van der Waals surface area (Å²) in [7, 11) is 0. The van der Waals surface area contributed by atoms with Crippen molar-refractivity contribution in [3.8, 4) is 0 Å². The van der Waals surface area contributed by atoms with Crippen LogP contribution in [0, 0.1) is 11.3 Å². The van der Waals surface area contributed by atoms with E-state index in [-0.39, 0.29) is 12.0 Å². The van der Waals surface area contributed by atoms with Crippen molar-refractivity contribution in [2.24, 2.45) is 11.3 Å². The summed E-state index contributed by atoms with van der Waals surface area (Å²) in [6.45, 7) is 6.99. The Kier molecular flexibility index (Phi) is 5.69. The first-order valence-corrected chi connectivity index (χ1v) is 11.0. The van der Waals surface area contributed by atoms with Gasteiger partial charge in [0.15, 0.2) is 6.61 Å². The van der Waals surface area contributed by atoms with E-state index in [4.69, 9.17) is 9.72 Å². The topological polar surface area (TPSA) is 88.6 Å². The van der Waals surface area contributed by atoms with Crippen LogP contribution in [0.1, 0.15) is 55.2 Å². The van der Waals surface area contributed by atoms with E-state index >= 15 is 0 Å². The van der Waals surface area contributed by atoms with Crippen molar-refractivity contribution >= 4 is 28.8 Å². The number of carbonyl (C=O) groups excluding carboxylic acids is 3. The number of para-hydroxylation sites is 1. The average Bonchev–Trinajstić information content (AvgIpc) is 3.21. The molecule has 1 aliphatic carbocycles. The maximum Gasteiger partial charge on any atom is 0.339 e. The lowest BCUT2D eigenvalue weighted by Gasteiger charge is -2.37. The highest BCUT2D eigenvalue weighted by atomic mass is 16.5. The largest absolute Gasteiger partial charge is 0.452 e. The monoisotopic (exact) mass is 423 g/mol. The number of pyridine rings is 1. The molecule has 0 unspecified atom stereocenters. The first-order valence-electron chi connectivity index (χ1n) is 11.0. The summed E-state index contributed by atoms with van der Waals surface area (Å²) in [5, 5.41) is 3.32. The van der Waals surface area contributed by atoms with Crippen LogP contribution in [-0.2, 0) is 22.4 Å². The lowest BCUT2D eigenvalue weighted by molar-refractivity contribution is -0.130. The summed E-state index contributed by atoms with van der Waals surface area (Å²) < 4.78 is 5.43. The highest BCUT2D eigenvalue weighted by molar-refractivity contribution is 6.06. The van der Waals surface area contributed by atoms with Gasteiger partial charge in [0, 0.05) is 24.2 Å². The molecule has 7 heteroatoms. The van der Waals surface area contributed by atoms with E-state index in [9.17, 15) is 14.4 Å². The standard InChI is InChI=1S/C24H29N3O4/c1-4-24(2,3)15-9-10-19-17(13-15)21(16-7-5-6-8-18(16)26-19)22(29)31-14-20(28)27-12-11-25-23(27)30/h5-8,15H,4,9-14H2,1-3H3,(H,25,30)/t15-/m0/s1. The van der Waals surface area contributed by atoms with E-state index in [1.807, 2.05) is 24.3 Å². The highest BCUT2D eigenvalue weighted by Gasteiger charge is 2.35. The maximum atomic E-state index is 13.2. The molecule has 4 rings (SSSR count). The van der Waals surface area contributed by atoms with Crippen LogP contribution in [0.3, 0.4) is 0 Å². The average molecular weight is 424 g/mol. The number of imide groups is 1. The molecule has 2 heterocycles. The molecule has 3 amide bonds. The van der Waals surface area contributed by atoms with Gasteiger partial charge in [0.1, 0.15) is 0 Å². The fraction of sp³-hybridized carbons (Fsp3) is 0.500. The van der Waals surface area contributed by atoms with Crippen molar-refractivity contribution in [3.05, 3.63) is 41.1 Å². The molecule has 1 aliphatic heterocycles. The number of aromatic nitrogens is 1. The van der Waals surface area contributed by atoms with E-state index in [2.05, 4.69) is 26.1 Å². The van der Waals surface area contributed by atoms with E-state index in [1.54, 1.807) is 0 Å². The van der Waals surface area contributed by atoms with Crippen LogP contribution in [0.4, 0.5) is 4.79 Å². The number of esters is 1. The Hall–Kier alpha value is -2.96. The molecule has 2 aliphatic rings. The summed E-state index contributed by atoms with van der Waals surface area (Å²) in [5.74, 6) is -0.604. The first-order chi connectivity index (χ1) is 14.8. The van der Waals surface area contributed by atoms with Gasteiger partial charge in [-0.25, -0.2) is 9.59 Å². The van der Waals surface area contributed by atoms with Crippen molar-refractivity contribution < 1.29 is 19.1 Å². The van der Waals surface area contributed by atoms with E-state index < -0.39 is 24.5 Å². The fourth-order valence-electron chi connectivity index (χ4n) is 4.56. The third kappa shape index (κ3) is 4.01. The number of ether oxygens (including phenoxy) is 1. The predicted molar refractivity (Wildman–Crippen MR) is 117 cm³/mol. The quantitative estimate of drug-likeness (QED) is 0.744. The second-order valence-electron chi connectivity index (χ2n) is 9.06. The summed E-state index contributed by atoms with van der Waals surface area (Å²) >= 11 is 0. The SMILES string of the molecule is CCC(C)(C)[C@H]1CCc2nc3ccccc3c(C(=O)OCC(=O)N3CCNC3=O)c2C1. The number of aryl methyl sites for hydroxylation is 1. The second kappa shape index (κ2) is 8.29. The molecule has 0 radical (unpaired) electrons. The number of fused-ring (bicyclic) bond motifs is 2. The lowest BCUT2D eigenvalue weighted by atomic mass is 9.68. The number of nitrogens with one attached hydrogen (secondary N) is 1. The van der Waals surface area contributed by atoms with Crippen LogP contribution >= 0.6 is 0 Å². The van der Waals surface area contributed by atoms with E-state index in [0.717, 1.165) is 52.7 Å². The second-order valence-corrected chi connectivity index (χ2v) is 9.06. The van der Waals surface area contributed by atoms with E-state index in [1.165, 1.54) is 0 Å². The van der Waals surface area contributed by atoms with Gasteiger partial charge < -0.3 is 10.1 Å². The van der Waals surface area contributed by atoms with Crippen molar-refractivity contribution in [3.63, 3.8) is 0 Å². The van der Waals surface area contributed by atoms with Gasteiger partial charge >= 0.3 is 12.0 Å². The molecule has 0 spiro atoms. The Labute approximate surface area is 182 Å². The minimum atomic E-state index is -0.530. The first kappa shape index (κ1) is 21.3. The number of hydrogen-bond acceptors (Lipinski definition) is 5. The van der Waals surface area contributed by atoms with Crippen molar-refractivity contribution in [2.45, 2.75) is 46.5 Å². The smallest absolute Gasteiger partial charge is 0.339 e. The number of carbonyl (C=O) groups is 3. The van der Waals surface area contributed by atoms with Crippen LogP contribution in [-0.4, -0.2) is 47.5 Å². The molecule has 0 saturated carbocycles. The fourth-order valence-corrected chi connectivity index (χ4v) is 4.56. The number of rotatable bonds is 5. The van der Waals surface area contributed by atoms with Gasteiger partial charge in [-0.3, -0.25) is 14.7 Å². The Balaban J connectivity index is 1.66. The van der Waals surface area contributed by atoms with Crippen molar-refractivity contribution in [1.82, 2.24) is 15.2 Å². The number of nitrogens with zero attached hydrogens (tertiary/aromatic N) is 2. The summed E-state index contributed by atoms with van der Waals surface area (Å²) in [5.41, 5.74) is 3.30. The molecule has 2 aromatic rings. The van der Waals surface area contributed by atoms with Gasteiger partial charge in [-0.15, -0.1) is 0 Å². The summed E-state index contributed by atoms with van der Waals surface area (Å²) in [6, 6.07) is 7.11. The molecule has 1 aromatic carbocycles. The molecular formula is C24H29N3O4. The molecule has 31 heavy (non-hydrogen) atoms. The van der Waals surface area contributed by atoms with Crippen LogP contribution < -0.4 is 5.32 Å². The molecule has 1 aromatic heterocycles. The van der Waals surface area contributed by atoms with Crippen molar-refractivity contribution in [1.29, 1.82) is 0 Å². The minimum absolute atomic E-state index is 0.156. The molecular weight excluding hydrogens is 394 g/mol. The lowest BCUT2D eigenvalue weighted by Crippen LogP contribution is -2.37. The zero-order chi connectivity index (χ0) is 22.2. The highest BCUT2D eigenvalue weighted by Crippen LogP contribution is 2.41. The van der Waals surface area contributed by atoms with Gasteiger partial charge in [0.05, 0.1) is 11.1 Å². The maximum absolute atomic E-state index is 13.2. The Morgan fingerprint density at radius 2 is 2.06 bits per heavy atom. The third-order valence-electron chi connectivity index (χ3n) is 6.96. The normalized spacial score (nSPS) is 18.6. The molecule has 1 fully saturated rings. The number of amides is 3. The molecule has 0 bridgehead atoms. The van der Waals surface area contributed by atoms with Gasteiger partial charge in [-0.2, -0.15) is 0 Å². The van der Waals surface area contributed by atoms with Crippen LogP contribution in [0.15, 0.2) is 24.3 Å². The Morgan fingerprint density at radius 3 is 2.77 bits per heavy atom. The zero-order valence-electron chi connectivity index (χ0n) is 18.4. The predicted octanol–water partition coefficient (Wildman–Crippen LogP) is 3.48. The molecule has 164 valence electrons. The summed E-state index contributed by atoms with van der Waals surface area (Å²) in [4.78, 5) is 43.2.